The molecule has 0 N–H and O–H groups in total. The zero-order valence-electron chi connectivity index (χ0n) is 16.6. The topological polar surface area (TPSA) is 64.8 Å². The van der Waals surface area contributed by atoms with Crippen LogP contribution in [0.5, 0.6) is 11.5 Å². The summed E-state index contributed by atoms with van der Waals surface area (Å²) in [7, 11) is 0. The molecular weight excluding hydrogens is 368 g/mol. The van der Waals surface area contributed by atoms with Crippen molar-refractivity contribution in [3.63, 3.8) is 0 Å². The third-order valence-electron chi connectivity index (χ3n) is 4.78. The fraction of sp³-hybridized carbons (Fsp3) is 0.304. The molecule has 0 aliphatic carbocycles. The Morgan fingerprint density at radius 1 is 1.17 bits per heavy atom. The lowest BCUT2D eigenvalue weighted by molar-refractivity contribution is -0.134. The van der Waals surface area contributed by atoms with Gasteiger partial charge in [0.2, 0.25) is 0 Å². The van der Waals surface area contributed by atoms with Crippen molar-refractivity contribution in [3.8, 4) is 11.5 Å². The molecule has 2 aromatic heterocycles. The van der Waals surface area contributed by atoms with Crippen molar-refractivity contribution in [2.45, 2.75) is 39.0 Å². The van der Waals surface area contributed by atoms with Crippen molar-refractivity contribution in [2.24, 2.45) is 0 Å². The second kappa shape index (κ2) is 7.99. The molecule has 6 nitrogen and oxygen atoms in total. The first-order valence-corrected chi connectivity index (χ1v) is 9.63. The summed E-state index contributed by atoms with van der Waals surface area (Å²) in [5.74, 6) is 1.91. The highest BCUT2D eigenvalue weighted by atomic mass is 16.5. The van der Waals surface area contributed by atoms with Gasteiger partial charge in [-0.05, 0) is 43.7 Å². The number of pyridine rings is 1. The molecule has 3 heterocycles. The van der Waals surface area contributed by atoms with E-state index in [0.29, 0.717) is 24.6 Å². The summed E-state index contributed by atoms with van der Waals surface area (Å²) in [6.07, 6.45) is 5.88. The van der Waals surface area contributed by atoms with Crippen molar-refractivity contribution in [1.82, 2.24) is 9.88 Å². The summed E-state index contributed by atoms with van der Waals surface area (Å²) >= 11 is 0. The van der Waals surface area contributed by atoms with E-state index in [4.69, 9.17) is 13.9 Å². The average molecular weight is 392 g/mol. The maximum Gasteiger partial charge on any atom is 0.261 e. The molecule has 1 amide bonds. The predicted molar refractivity (Wildman–Crippen MR) is 108 cm³/mol. The fourth-order valence-electron chi connectivity index (χ4n) is 3.47. The number of nitrogens with zero attached hydrogens (tertiary/aromatic N) is 2. The van der Waals surface area contributed by atoms with Gasteiger partial charge in [-0.2, -0.15) is 0 Å². The highest BCUT2D eigenvalue weighted by molar-refractivity contribution is 5.78. The Kier molecular flexibility index (Phi) is 5.25. The van der Waals surface area contributed by atoms with E-state index in [1.807, 2.05) is 56.3 Å². The first-order chi connectivity index (χ1) is 14.0. The van der Waals surface area contributed by atoms with Crippen molar-refractivity contribution in [3.05, 3.63) is 78.0 Å². The Bertz CT molecular complexity index is 968. The lowest BCUT2D eigenvalue weighted by Crippen LogP contribution is -2.34. The van der Waals surface area contributed by atoms with Crippen LogP contribution in [0.3, 0.4) is 0 Å². The molecule has 0 atom stereocenters. The van der Waals surface area contributed by atoms with E-state index in [0.717, 1.165) is 23.3 Å². The van der Waals surface area contributed by atoms with Gasteiger partial charge in [0, 0.05) is 30.9 Å². The van der Waals surface area contributed by atoms with Crippen LogP contribution in [0.1, 0.15) is 30.7 Å². The normalized spacial score (nSPS) is 14.1. The molecule has 1 aromatic carbocycles. The van der Waals surface area contributed by atoms with Gasteiger partial charge in [-0.1, -0.05) is 18.2 Å². The molecule has 0 unspecified atom stereocenters. The molecule has 3 aromatic rings. The van der Waals surface area contributed by atoms with Crippen LogP contribution in [0.2, 0.25) is 0 Å². The molecule has 0 saturated carbocycles. The Balaban J connectivity index is 1.47. The molecule has 0 saturated heterocycles. The van der Waals surface area contributed by atoms with Gasteiger partial charge in [0.15, 0.2) is 18.1 Å². The Hall–Kier alpha value is -3.28. The Morgan fingerprint density at radius 3 is 2.83 bits per heavy atom. The largest absolute Gasteiger partial charge is 0.483 e. The number of aromatic nitrogens is 1. The number of amides is 1. The van der Waals surface area contributed by atoms with Crippen LogP contribution in [0.4, 0.5) is 0 Å². The van der Waals surface area contributed by atoms with E-state index in [9.17, 15) is 4.79 Å². The zero-order valence-corrected chi connectivity index (χ0v) is 16.6. The van der Waals surface area contributed by atoms with Crippen LogP contribution in [-0.4, -0.2) is 28.0 Å². The minimum atomic E-state index is -0.266. The number of benzene rings is 1. The first kappa shape index (κ1) is 19.1. The fourth-order valence-corrected chi connectivity index (χ4v) is 3.47. The van der Waals surface area contributed by atoms with Crippen LogP contribution in [-0.2, 0) is 24.3 Å². The van der Waals surface area contributed by atoms with Crippen molar-refractivity contribution in [1.29, 1.82) is 0 Å². The number of ether oxygens (including phenoxy) is 2. The molecule has 150 valence electrons. The summed E-state index contributed by atoms with van der Waals surface area (Å²) in [5, 5.41) is 0. The number of rotatable bonds is 7. The molecule has 0 fully saturated rings. The monoisotopic (exact) mass is 392 g/mol. The van der Waals surface area contributed by atoms with E-state index in [1.165, 1.54) is 0 Å². The van der Waals surface area contributed by atoms with Crippen LogP contribution < -0.4 is 9.47 Å². The van der Waals surface area contributed by atoms with Crippen molar-refractivity contribution < 1.29 is 18.7 Å². The lowest BCUT2D eigenvalue weighted by atomic mass is 10.0. The van der Waals surface area contributed by atoms with Gasteiger partial charge in [-0.3, -0.25) is 9.78 Å². The molecular formula is C23H24N2O4. The standard InChI is InChI=1S/C23H24N2O4/c1-23(2)12-18-7-3-9-20(22(18)29-23)28-16-21(26)25(15-19-8-5-11-27-19)14-17-6-4-10-24-13-17/h3-11,13H,12,14-16H2,1-2H3. The SMILES string of the molecule is CC1(C)Cc2cccc(OCC(=O)N(Cc3cccnc3)Cc3ccco3)c2O1. The van der Waals surface area contributed by atoms with E-state index in [-0.39, 0.29) is 18.1 Å². The second-order valence-electron chi connectivity index (χ2n) is 7.76. The van der Waals surface area contributed by atoms with E-state index in [1.54, 1.807) is 23.6 Å². The Labute approximate surface area is 170 Å². The van der Waals surface area contributed by atoms with E-state index in [2.05, 4.69) is 4.98 Å². The smallest absolute Gasteiger partial charge is 0.261 e. The molecule has 0 radical (unpaired) electrons. The first-order valence-electron chi connectivity index (χ1n) is 9.63. The highest BCUT2D eigenvalue weighted by Gasteiger charge is 2.32. The van der Waals surface area contributed by atoms with E-state index < -0.39 is 0 Å². The average Bonchev–Trinajstić information content (AvgIpc) is 3.32. The molecule has 6 heteroatoms. The van der Waals surface area contributed by atoms with E-state index >= 15 is 0 Å². The number of hydrogen-bond acceptors (Lipinski definition) is 5. The third kappa shape index (κ3) is 4.59. The van der Waals surface area contributed by atoms with Crippen LogP contribution in [0.15, 0.2) is 65.5 Å². The number of furan rings is 1. The van der Waals surface area contributed by atoms with Gasteiger partial charge < -0.3 is 18.8 Å². The number of fused-ring (bicyclic) bond motifs is 1. The summed E-state index contributed by atoms with van der Waals surface area (Å²) < 4.78 is 17.3. The summed E-state index contributed by atoms with van der Waals surface area (Å²) in [6, 6.07) is 13.3. The highest BCUT2D eigenvalue weighted by Crippen LogP contribution is 2.41. The van der Waals surface area contributed by atoms with Crippen molar-refractivity contribution >= 4 is 5.91 Å². The third-order valence-corrected chi connectivity index (χ3v) is 4.78. The summed E-state index contributed by atoms with van der Waals surface area (Å²) in [5.41, 5.74) is 1.78. The minimum Gasteiger partial charge on any atom is -0.483 e. The zero-order chi connectivity index (χ0) is 20.3. The van der Waals surface area contributed by atoms with Gasteiger partial charge in [-0.15, -0.1) is 0 Å². The number of carbonyl (C=O) groups excluding carboxylic acids is 1. The summed E-state index contributed by atoms with van der Waals surface area (Å²) in [4.78, 5) is 18.8. The molecule has 1 aliphatic heterocycles. The molecule has 1 aliphatic rings. The van der Waals surface area contributed by atoms with Crippen LogP contribution in [0.25, 0.3) is 0 Å². The van der Waals surface area contributed by atoms with Crippen LogP contribution in [0, 0.1) is 0 Å². The molecule has 4 rings (SSSR count). The van der Waals surface area contributed by atoms with Gasteiger partial charge >= 0.3 is 0 Å². The van der Waals surface area contributed by atoms with Gasteiger partial charge in [0.25, 0.3) is 5.91 Å². The minimum absolute atomic E-state index is 0.0821. The predicted octanol–water partition coefficient (Wildman–Crippen LogP) is 4.00. The second-order valence-corrected chi connectivity index (χ2v) is 7.76. The van der Waals surface area contributed by atoms with Crippen molar-refractivity contribution in [2.75, 3.05) is 6.61 Å². The molecule has 0 bridgehead atoms. The molecule has 0 spiro atoms. The maximum absolute atomic E-state index is 13.0. The lowest BCUT2D eigenvalue weighted by Gasteiger charge is -2.22. The van der Waals surface area contributed by atoms with Gasteiger partial charge in [-0.25, -0.2) is 0 Å². The van der Waals surface area contributed by atoms with Gasteiger partial charge in [0.05, 0.1) is 12.8 Å². The quantitative estimate of drug-likeness (QED) is 0.608. The van der Waals surface area contributed by atoms with Gasteiger partial charge in [0.1, 0.15) is 11.4 Å². The van der Waals surface area contributed by atoms with Crippen LogP contribution >= 0.6 is 0 Å². The number of carbonyl (C=O) groups is 1. The molecule has 29 heavy (non-hydrogen) atoms. The Morgan fingerprint density at radius 2 is 2.07 bits per heavy atom. The number of para-hydroxylation sites is 1. The summed E-state index contributed by atoms with van der Waals surface area (Å²) in [6.45, 7) is 4.79. The number of hydrogen-bond donors (Lipinski definition) is 0. The maximum atomic E-state index is 13.0.